The van der Waals surface area contributed by atoms with E-state index in [-0.39, 0.29) is 12.5 Å². The lowest BCUT2D eigenvalue weighted by atomic mass is 10.1. The van der Waals surface area contributed by atoms with Crippen LogP contribution in [0.2, 0.25) is 0 Å². The van der Waals surface area contributed by atoms with Crippen molar-refractivity contribution in [3.8, 4) is 5.75 Å². The van der Waals surface area contributed by atoms with Gasteiger partial charge >= 0.3 is 0 Å². The Hall–Kier alpha value is -1.59. The maximum atomic E-state index is 11.7. The predicted octanol–water partition coefficient (Wildman–Crippen LogP) is 1.19. The molecule has 1 rings (SSSR count). The minimum Gasteiger partial charge on any atom is -0.492 e. The summed E-state index contributed by atoms with van der Waals surface area (Å²) in [5.41, 5.74) is 0.341. The summed E-state index contributed by atoms with van der Waals surface area (Å²) in [5, 5.41) is 12.5. The molecule has 0 radical (unpaired) electrons. The van der Waals surface area contributed by atoms with Gasteiger partial charge in [-0.05, 0) is 45.5 Å². The Morgan fingerprint density at radius 1 is 1.43 bits per heavy atom. The summed E-state index contributed by atoms with van der Waals surface area (Å²) in [6, 6.07) is 7.80. The molecule has 0 fully saturated rings. The van der Waals surface area contributed by atoms with Crippen LogP contribution in [-0.4, -0.2) is 54.8 Å². The van der Waals surface area contributed by atoms with Gasteiger partial charge in [0.25, 0.3) is 0 Å². The number of hydrogen-bond acceptors (Lipinski definition) is 4. The van der Waals surface area contributed by atoms with E-state index in [0.29, 0.717) is 19.7 Å². The Labute approximate surface area is 126 Å². The standard InChI is InChI=1S/C16H26N2O3/c1-13-6-5-7-14(10-13)21-9-8-17-15(19)11-18(4)12-16(2,3)20/h5-7,10,20H,8-9,11-12H2,1-4H3,(H,17,19). The first-order valence-electron chi connectivity index (χ1n) is 7.13. The quantitative estimate of drug-likeness (QED) is 0.707. The number of amides is 1. The molecule has 0 aliphatic heterocycles. The first-order chi connectivity index (χ1) is 9.76. The molecular weight excluding hydrogens is 268 g/mol. The van der Waals surface area contributed by atoms with Crippen molar-refractivity contribution in [1.82, 2.24) is 10.2 Å². The SMILES string of the molecule is Cc1cccc(OCCNC(=O)CN(C)CC(C)(C)O)c1. The van der Waals surface area contributed by atoms with Crippen molar-refractivity contribution in [2.45, 2.75) is 26.4 Å². The third kappa shape index (κ3) is 8.32. The van der Waals surface area contributed by atoms with E-state index in [1.165, 1.54) is 0 Å². The van der Waals surface area contributed by atoms with Crippen LogP contribution in [0.5, 0.6) is 5.75 Å². The van der Waals surface area contributed by atoms with Crippen molar-refractivity contribution in [3.05, 3.63) is 29.8 Å². The minimum absolute atomic E-state index is 0.0745. The summed E-state index contributed by atoms with van der Waals surface area (Å²) < 4.78 is 5.55. The van der Waals surface area contributed by atoms with Gasteiger partial charge in [-0.3, -0.25) is 9.69 Å². The highest BCUT2D eigenvalue weighted by atomic mass is 16.5. The number of ether oxygens (including phenoxy) is 1. The molecule has 0 saturated carbocycles. The highest BCUT2D eigenvalue weighted by molar-refractivity contribution is 5.77. The number of hydrogen-bond donors (Lipinski definition) is 2. The van der Waals surface area contributed by atoms with Crippen molar-refractivity contribution in [2.75, 3.05) is 33.3 Å². The van der Waals surface area contributed by atoms with Crippen LogP contribution in [0.15, 0.2) is 24.3 Å². The van der Waals surface area contributed by atoms with Crippen molar-refractivity contribution in [3.63, 3.8) is 0 Å². The van der Waals surface area contributed by atoms with Gasteiger partial charge < -0.3 is 15.2 Å². The summed E-state index contributed by atoms with van der Waals surface area (Å²) in [7, 11) is 1.81. The molecule has 1 aromatic rings. The zero-order valence-corrected chi connectivity index (χ0v) is 13.3. The lowest BCUT2D eigenvalue weighted by Gasteiger charge is -2.24. The topological polar surface area (TPSA) is 61.8 Å². The average Bonchev–Trinajstić information content (AvgIpc) is 2.32. The van der Waals surface area contributed by atoms with Gasteiger partial charge in [0.15, 0.2) is 0 Å². The number of carbonyl (C=O) groups is 1. The Bertz CT molecular complexity index is 455. The first-order valence-corrected chi connectivity index (χ1v) is 7.13. The van der Waals surface area contributed by atoms with E-state index in [4.69, 9.17) is 4.74 Å². The number of likely N-dealkylation sites (N-methyl/N-ethyl adjacent to an activating group) is 1. The lowest BCUT2D eigenvalue weighted by Crippen LogP contribution is -2.42. The van der Waals surface area contributed by atoms with E-state index in [9.17, 15) is 9.90 Å². The van der Waals surface area contributed by atoms with Gasteiger partial charge in [-0.1, -0.05) is 12.1 Å². The summed E-state index contributed by atoms with van der Waals surface area (Å²) in [6.45, 7) is 7.05. The fraction of sp³-hybridized carbons (Fsp3) is 0.562. The molecule has 1 aromatic carbocycles. The van der Waals surface area contributed by atoms with Gasteiger partial charge in [-0.25, -0.2) is 0 Å². The smallest absolute Gasteiger partial charge is 0.234 e. The van der Waals surface area contributed by atoms with E-state index < -0.39 is 5.60 Å². The second-order valence-electron chi connectivity index (χ2n) is 6.00. The first kappa shape index (κ1) is 17.5. The molecule has 5 heteroatoms. The van der Waals surface area contributed by atoms with Gasteiger partial charge in [-0.2, -0.15) is 0 Å². The third-order valence-electron chi connectivity index (χ3n) is 2.75. The number of benzene rings is 1. The zero-order chi connectivity index (χ0) is 15.9. The Balaban J connectivity index is 2.19. The molecule has 0 spiro atoms. The molecule has 0 aromatic heterocycles. The van der Waals surface area contributed by atoms with E-state index in [2.05, 4.69) is 5.32 Å². The maximum Gasteiger partial charge on any atom is 0.234 e. The molecule has 2 N–H and O–H groups in total. The van der Waals surface area contributed by atoms with Gasteiger partial charge in [0.1, 0.15) is 12.4 Å². The normalized spacial score (nSPS) is 11.5. The monoisotopic (exact) mass is 294 g/mol. The Kier molecular flexibility index (Phi) is 6.65. The molecule has 118 valence electrons. The van der Waals surface area contributed by atoms with E-state index in [0.717, 1.165) is 11.3 Å². The summed E-state index contributed by atoms with van der Waals surface area (Å²) >= 11 is 0. The van der Waals surface area contributed by atoms with Gasteiger partial charge in [0.2, 0.25) is 5.91 Å². The van der Waals surface area contributed by atoms with Crippen LogP contribution in [0.25, 0.3) is 0 Å². The Morgan fingerprint density at radius 3 is 2.76 bits per heavy atom. The molecule has 5 nitrogen and oxygen atoms in total. The van der Waals surface area contributed by atoms with E-state index in [1.807, 2.05) is 31.2 Å². The van der Waals surface area contributed by atoms with Crippen molar-refractivity contribution < 1.29 is 14.6 Å². The molecule has 0 aliphatic rings. The molecular formula is C16H26N2O3. The molecule has 0 aliphatic carbocycles. The number of aryl methyl sites for hydroxylation is 1. The van der Waals surface area contributed by atoms with Crippen LogP contribution in [0, 0.1) is 6.92 Å². The number of nitrogens with zero attached hydrogens (tertiary/aromatic N) is 1. The summed E-state index contributed by atoms with van der Waals surface area (Å²) in [5.74, 6) is 0.734. The largest absolute Gasteiger partial charge is 0.492 e. The van der Waals surface area contributed by atoms with Crippen LogP contribution < -0.4 is 10.1 Å². The van der Waals surface area contributed by atoms with E-state index in [1.54, 1.807) is 25.8 Å². The molecule has 0 saturated heterocycles. The number of carbonyl (C=O) groups excluding carboxylic acids is 1. The summed E-state index contributed by atoms with van der Waals surface area (Å²) in [6.07, 6.45) is 0. The second-order valence-corrected chi connectivity index (χ2v) is 6.00. The maximum absolute atomic E-state index is 11.7. The second kappa shape index (κ2) is 8.00. The van der Waals surface area contributed by atoms with Crippen LogP contribution in [0.1, 0.15) is 19.4 Å². The average molecular weight is 294 g/mol. The number of rotatable bonds is 8. The van der Waals surface area contributed by atoms with Crippen LogP contribution in [-0.2, 0) is 4.79 Å². The molecule has 0 heterocycles. The fourth-order valence-corrected chi connectivity index (χ4v) is 2.08. The molecule has 0 unspecified atom stereocenters. The fourth-order valence-electron chi connectivity index (χ4n) is 2.08. The molecule has 0 bridgehead atoms. The lowest BCUT2D eigenvalue weighted by molar-refractivity contribution is -0.122. The molecule has 21 heavy (non-hydrogen) atoms. The van der Waals surface area contributed by atoms with Gasteiger partial charge in [0.05, 0.1) is 18.7 Å². The minimum atomic E-state index is -0.802. The summed E-state index contributed by atoms with van der Waals surface area (Å²) in [4.78, 5) is 13.5. The van der Waals surface area contributed by atoms with Crippen molar-refractivity contribution in [1.29, 1.82) is 0 Å². The van der Waals surface area contributed by atoms with Crippen molar-refractivity contribution >= 4 is 5.91 Å². The Morgan fingerprint density at radius 2 is 2.14 bits per heavy atom. The van der Waals surface area contributed by atoms with E-state index >= 15 is 0 Å². The van der Waals surface area contributed by atoms with Gasteiger partial charge in [-0.15, -0.1) is 0 Å². The molecule has 1 amide bonds. The number of nitrogens with one attached hydrogen (secondary N) is 1. The number of aliphatic hydroxyl groups is 1. The third-order valence-corrected chi connectivity index (χ3v) is 2.75. The van der Waals surface area contributed by atoms with Crippen LogP contribution >= 0.6 is 0 Å². The highest BCUT2D eigenvalue weighted by Gasteiger charge is 2.17. The highest BCUT2D eigenvalue weighted by Crippen LogP contribution is 2.11. The van der Waals surface area contributed by atoms with Gasteiger partial charge in [0, 0.05) is 6.54 Å². The molecule has 0 atom stereocenters. The van der Waals surface area contributed by atoms with Crippen molar-refractivity contribution in [2.24, 2.45) is 0 Å². The van der Waals surface area contributed by atoms with Crippen LogP contribution in [0.4, 0.5) is 0 Å². The predicted molar refractivity (Wildman–Crippen MR) is 83.5 cm³/mol. The zero-order valence-electron chi connectivity index (χ0n) is 13.3. The van der Waals surface area contributed by atoms with Crippen LogP contribution in [0.3, 0.4) is 0 Å².